The highest BCUT2D eigenvalue weighted by Gasteiger charge is 2.29. The SMILES string of the molecule is CCC1CCCCN1C(=O)c1c(OC)cnc2ccccc12. The largest absolute Gasteiger partial charge is 0.494 e. The van der Waals surface area contributed by atoms with Gasteiger partial charge in [-0.05, 0) is 31.7 Å². The van der Waals surface area contributed by atoms with Gasteiger partial charge in [0, 0.05) is 18.0 Å². The second kappa shape index (κ2) is 6.34. The molecule has 0 radical (unpaired) electrons. The van der Waals surface area contributed by atoms with Gasteiger partial charge in [-0.25, -0.2) is 0 Å². The molecule has 1 unspecified atom stereocenters. The number of pyridine rings is 1. The summed E-state index contributed by atoms with van der Waals surface area (Å²) >= 11 is 0. The highest BCUT2D eigenvalue weighted by Crippen LogP contribution is 2.30. The van der Waals surface area contributed by atoms with E-state index in [0.717, 1.165) is 36.7 Å². The smallest absolute Gasteiger partial charge is 0.258 e. The molecule has 0 bridgehead atoms. The van der Waals surface area contributed by atoms with Gasteiger partial charge >= 0.3 is 0 Å². The number of ether oxygens (including phenoxy) is 1. The summed E-state index contributed by atoms with van der Waals surface area (Å²) in [5, 5.41) is 0.868. The highest BCUT2D eigenvalue weighted by atomic mass is 16.5. The van der Waals surface area contributed by atoms with Crippen molar-refractivity contribution in [1.29, 1.82) is 0 Å². The third-order valence-corrected chi connectivity index (χ3v) is 4.53. The maximum atomic E-state index is 13.2. The normalized spacial score (nSPS) is 18.5. The molecule has 3 rings (SSSR count). The van der Waals surface area contributed by atoms with Crippen molar-refractivity contribution in [3.8, 4) is 5.75 Å². The van der Waals surface area contributed by atoms with Gasteiger partial charge in [-0.2, -0.15) is 0 Å². The van der Waals surface area contributed by atoms with Gasteiger partial charge in [0.1, 0.15) is 0 Å². The maximum Gasteiger partial charge on any atom is 0.258 e. The Morgan fingerprint density at radius 3 is 2.95 bits per heavy atom. The number of carbonyl (C=O) groups is 1. The summed E-state index contributed by atoms with van der Waals surface area (Å²) in [6, 6.07) is 8.08. The van der Waals surface area contributed by atoms with E-state index < -0.39 is 0 Å². The lowest BCUT2D eigenvalue weighted by molar-refractivity contribution is 0.0607. The first-order valence-corrected chi connectivity index (χ1v) is 7.99. The van der Waals surface area contributed by atoms with E-state index in [4.69, 9.17) is 4.74 Å². The zero-order chi connectivity index (χ0) is 15.5. The van der Waals surface area contributed by atoms with Crippen LogP contribution in [0, 0.1) is 0 Å². The molecule has 1 aromatic heterocycles. The van der Waals surface area contributed by atoms with Crippen LogP contribution >= 0.6 is 0 Å². The number of methoxy groups -OCH3 is 1. The first kappa shape index (κ1) is 14.8. The molecule has 4 nitrogen and oxygen atoms in total. The van der Waals surface area contributed by atoms with Crippen molar-refractivity contribution in [2.45, 2.75) is 38.6 Å². The van der Waals surface area contributed by atoms with E-state index in [1.165, 1.54) is 6.42 Å². The van der Waals surface area contributed by atoms with Gasteiger partial charge in [0.15, 0.2) is 5.75 Å². The number of hydrogen-bond acceptors (Lipinski definition) is 3. The molecule has 1 aliphatic heterocycles. The minimum Gasteiger partial charge on any atom is -0.494 e. The summed E-state index contributed by atoms with van der Waals surface area (Å²) in [7, 11) is 1.59. The fraction of sp³-hybridized carbons (Fsp3) is 0.444. The van der Waals surface area contributed by atoms with E-state index in [-0.39, 0.29) is 5.91 Å². The molecular weight excluding hydrogens is 276 g/mol. The van der Waals surface area contributed by atoms with Gasteiger partial charge in [0.25, 0.3) is 5.91 Å². The van der Waals surface area contributed by atoms with Gasteiger partial charge in [-0.15, -0.1) is 0 Å². The fourth-order valence-electron chi connectivity index (χ4n) is 3.33. The Morgan fingerprint density at radius 1 is 1.36 bits per heavy atom. The van der Waals surface area contributed by atoms with Crippen LogP contribution in [0.15, 0.2) is 30.5 Å². The van der Waals surface area contributed by atoms with Crippen LogP contribution in [0.5, 0.6) is 5.75 Å². The number of carbonyl (C=O) groups excluding carboxylic acids is 1. The standard InChI is InChI=1S/C18H22N2O2/c1-3-13-8-6-7-11-20(13)18(21)17-14-9-4-5-10-15(14)19-12-16(17)22-2/h4-5,9-10,12-13H,3,6-8,11H2,1-2H3. The fourth-order valence-corrected chi connectivity index (χ4v) is 3.33. The molecule has 1 aliphatic rings. The predicted molar refractivity (Wildman–Crippen MR) is 87.3 cm³/mol. The van der Waals surface area contributed by atoms with E-state index in [2.05, 4.69) is 11.9 Å². The Hall–Kier alpha value is -2.10. The molecule has 1 saturated heterocycles. The minimum atomic E-state index is 0.0713. The molecule has 1 amide bonds. The van der Waals surface area contributed by atoms with E-state index >= 15 is 0 Å². The number of aromatic nitrogens is 1. The number of para-hydroxylation sites is 1. The third-order valence-electron chi connectivity index (χ3n) is 4.53. The number of rotatable bonds is 3. The predicted octanol–water partition coefficient (Wildman–Crippen LogP) is 3.65. The van der Waals surface area contributed by atoms with Crippen LogP contribution in [0.1, 0.15) is 43.0 Å². The van der Waals surface area contributed by atoms with Crippen molar-refractivity contribution in [2.24, 2.45) is 0 Å². The second-order valence-electron chi connectivity index (χ2n) is 5.78. The van der Waals surface area contributed by atoms with Crippen molar-refractivity contribution in [3.63, 3.8) is 0 Å². The van der Waals surface area contributed by atoms with Crippen LogP contribution in [-0.4, -0.2) is 35.5 Å². The molecule has 2 heterocycles. The van der Waals surface area contributed by atoms with E-state index in [1.807, 2.05) is 29.2 Å². The van der Waals surface area contributed by atoms with Crippen LogP contribution in [0.4, 0.5) is 0 Å². The number of nitrogens with zero attached hydrogens (tertiary/aromatic N) is 2. The van der Waals surface area contributed by atoms with Crippen LogP contribution < -0.4 is 4.74 Å². The molecule has 0 N–H and O–H groups in total. The van der Waals surface area contributed by atoms with Crippen LogP contribution in [0.3, 0.4) is 0 Å². The lowest BCUT2D eigenvalue weighted by Gasteiger charge is -2.35. The summed E-state index contributed by atoms with van der Waals surface area (Å²) in [4.78, 5) is 19.6. The Morgan fingerprint density at radius 2 is 2.18 bits per heavy atom. The Labute approximate surface area is 131 Å². The quantitative estimate of drug-likeness (QED) is 0.868. The molecule has 116 valence electrons. The summed E-state index contributed by atoms with van der Waals surface area (Å²) in [5.74, 6) is 0.631. The monoisotopic (exact) mass is 298 g/mol. The number of benzene rings is 1. The van der Waals surface area contributed by atoms with E-state index in [0.29, 0.717) is 17.4 Å². The average molecular weight is 298 g/mol. The highest BCUT2D eigenvalue weighted by molar-refractivity contribution is 6.08. The molecule has 0 saturated carbocycles. The number of piperidine rings is 1. The second-order valence-corrected chi connectivity index (χ2v) is 5.78. The van der Waals surface area contributed by atoms with Gasteiger partial charge in [0.2, 0.25) is 0 Å². The molecule has 1 atom stereocenters. The minimum absolute atomic E-state index is 0.0713. The van der Waals surface area contributed by atoms with Gasteiger partial charge in [0.05, 0.1) is 24.4 Å². The average Bonchev–Trinajstić information content (AvgIpc) is 2.60. The molecule has 1 aromatic carbocycles. The number of fused-ring (bicyclic) bond motifs is 1. The molecular formula is C18H22N2O2. The number of likely N-dealkylation sites (tertiary alicyclic amines) is 1. The summed E-state index contributed by atoms with van der Waals surface area (Å²) in [6.45, 7) is 2.98. The zero-order valence-corrected chi connectivity index (χ0v) is 13.2. The van der Waals surface area contributed by atoms with Crippen molar-refractivity contribution in [1.82, 2.24) is 9.88 Å². The topological polar surface area (TPSA) is 42.4 Å². The van der Waals surface area contributed by atoms with Crippen molar-refractivity contribution < 1.29 is 9.53 Å². The Kier molecular flexibility index (Phi) is 4.27. The molecule has 22 heavy (non-hydrogen) atoms. The lowest BCUT2D eigenvalue weighted by atomic mass is 9.98. The van der Waals surface area contributed by atoms with Gasteiger partial charge < -0.3 is 9.64 Å². The number of hydrogen-bond donors (Lipinski definition) is 0. The summed E-state index contributed by atoms with van der Waals surface area (Å²) in [5.41, 5.74) is 1.48. The Bertz CT molecular complexity index is 684. The maximum absolute atomic E-state index is 13.2. The van der Waals surface area contributed by atoms with Crippen molar-refractivity contribution >= 4 is 16.8 Å². The molecule has 4 heteroatoms. The van der Waals surface area contributed by atoms with Crippen molar-refractivity contribution in [3.05, 3.63) is 36.0 Å². The lowest BCUT2D eigenvalue weighted by Crippen LogP contribution is -2.43. The first-order chi connectivity index (χ1) is 10.8. The van der Waals surface area contributed by atoms with E-state index in [9.17, 15) is 4.79 Å². The van der Waals surface area contributed by atoms with Crippen LogP contribution in [0.25, 0.3) is 10.9 Å². The van der Waals surface area contributed by atoms with Crippen LogP contribution in [0.2, 0.25) is 0 Å². The summed E-state index contributed by atoms with van der Waals surface area (Å²) in [6.07, 6.45) is 6.02. The number of amides is 1. The van der Waals surface area contributed by atoms with Crippen molar-refractivity contribution in [2.75, 3.05) is 13.7 Å². The molecule has 0 spiro atoms. The third kappa shape index (κ3) is 2.54. The zero-order valence-electron chi connectivity index (χ0n) is 13.2. The van der Waals surface area contributed by atoms with Gasteiger partial charge in [-0.3, -0.25) is 9.78 Å². The Balaban J connectivity index is 2.09. The van der Waals surface area contributed by atoms with Crippen LogP contribution in [-0.2, 0) is 0 Å². The first-order valence-electron chi connectivity index (χ1n) is 7.99. The molecule has 2 aromatic rings. The summed E-state index contributed by atoms with van der Waals surface area (Å²) < 4.78 is 5.42. The molecule has 1 fully saturated rings. The molecule has 0 aliphatic carbocycles. The van der Waals surface area contributed by atoms with E-state index in [1.54, 1.807) is 13.3 Å². The van der Waals surface area contributed by atoms with Gasteiger partial charge in [-0.1, -0.05) is 25.1 Å².